The van der Waals surface area contributed by atoms with Gasteiger partial charge in [-0.25, -0.2) is 8.42 Å². The van der Waals surface area contributed by atoms with Crippen molar-refractivity contribution < 1.29 is 26.4 Å². The fraction of sp³-hybridized carbons (Fsp3) is 0.118. The second-order valence-corrected chi connectivity index (χ2v) is 7.15. The lowest BCUT2D eigenvalue weighted by molar-refractivity contribution is -0.137. The molecule has 0 saturated carbocycles. The van der Waals surface area contributed by atoms with E-state index in [1.165, 1.54) is 36.4 Å². The van der Waals surface area contributed by atoms with Gasteiger partial charge in [-0.05, 0) is 42.0 Å². The average molecular weight is 384 g/mol. The van der Waals surface area contributed by atoms with E-state index < -0.39 is 27.7 Å². The number of alkyl halides is 3. The van der Waals surface area contributed by atoms with Crippen LogP contribution in [0.3, 0.4) is 0 Å². The first-order valence-electron chi connectivity index (χ1n) is 7.27. The number of hydrogen-bond acceptors (Lipinski definition) is 3. The van der Waals surface area contributed by atoms with Gasteiger partial charge in [0.05, 0.1) is 17.5 Å². The summed E-state index contributed by atoms with van der Waals surface area (Å²) in [6.07, 6.45) is -0.872. The minimum atomic E-state index is -4.41. The van der Waals surface area contributed by atoms with Gasteiger partial charge in [-0.2, -0.15) is 13.2 Å². The summed E-state index contributed by atoms with van der Waals surface area (Å²) < 4.78 is 62.1. The van der Waals surface area contributed by atoms with E-state index in [9.17, 15) is 26.4 Å². The predicted octanol–water partition coefficient (Wildman–Crippen LogP) is 3.73. The Kier molecular flexibility index (Phi) is 5.71. The number of carbonyl (C=O) groups excluding carboxylic acids is 1. The van der Waals surface area contributed by atoms with Gasteiger partial charge in [-0.1, -0.05) is 18.2 Å². The number of carbonyl (C=O) groups is 1. The van der Waals surface area contributed by atoms with Crippen LogP contribution >= 0.6 is 0 Å². The van der Waals surface area contributed by atoms with E-state index in [0.29, 0.717) is 11.3 Å². The smallest absolute Gasteiger partial charge is 0.322 e. The van der Waals surface area contributed by atoms with Crippen molar-refractivity contribution in [3.63, 3.8) is 0 Å². The van der Waals surface area contributed by atoms with Crippen LogP contribution in [0.25, 0.3) is 6.08 Å². The van der Waals surface area contributed by atoms with Crippen molar-refractivity contribution in [1.29, 1.82) is 0 Å². The van der Waals surface area contributed by atoms with Crippen molar-refractivity contribution in [2.75, 3.05) is 16.3 Å². The molecule has 0 unspecified atom stereocenters. The zero-order valence-corrected chi connectivity index (χ0v) is 14.4. The molecule has 0 fully saturated rings. The Morgan fingerprint density at radius 3 is 2.23 bits per heavy atom. The molecule has 0 atom stereocenters. The van der Waals surface area contributed by atoms with Gasteiger partial charge in [0.15, 0.2) is 0 Å². The van der Waals surface area contributed by atoms with Crippen LogP contribution in [-0.4, -0.2) is 20.6 Å². The highest BCUT2D eigenvalue weighted by Crippen LogP contribution is 2.29. The standard InChI is InChI=1S/C17H15F3N2O3S/c1-26(24,25)22-15-4-2-3-14(11-15)21-16(23)10-7-12-5-8-13(9-6-12)17(18,19)20/h2-11,22H,1H3,(H,21,23). The molecule has 2 aromatic carbocycles. The fourth-order valence-corrected chi connectivity index (χ4v) is 2.57. The summed E-state index contributed by atoms with van der Waals surface area (Å²) >= 11 is 0. The second kappa shape index (κ2) is 7.61. The Morgan fingerprint density at radius 2 is 1.65 bits per heavy atom. The molecule has 5 nitrogen and oxygen atoms in total. The van der Waals surface area contributed by atoms with Crippen molar-refractivity contribution in [1.82, 2.24) is 0 Å². The maximum Gasteiger partial charge on any atom is 0.416 e. The molecule has 0 spiro atoms. The highest BCUT2D eigenvalue weighted by Gasteiger charge is 2.29. The van der Waals surface area contributed by atoms with Gasteiger partial charge in [-0.3, -0.25) is 9.52 Å². The number of nitrogens with one attached hydrogen (secondary N) is 2. The van der Waals surface area contributed by atoms with E-state index >= 15 is 0 Å². The molecule has 0 aliphatic heterocycles. The Hall–Kier alpha value is -2.81. The molecule has 9 heteroatoms. The molecule has 1 amide bonds. The first-order valence-corrected chi connectivity index (χ1v) is 9.16. The van der Waals surface area contributed by atoms with Gasteiger partial charge in [-0.15, -0.1) is 0 Å². The molecule has 0 aromatic heterocycles. The molecule has 0 bridgehead atoms. The average Bonchev–Trinajstić information content (AvgIpc) is 2.51. The largest absolute Gasteiger partial charge is 0.416 e. The van der Waals surface area contributed by atoms with Crippen LogP contribution in [0.5, 0.6) is 0 Å². The highest BCUT2D eigenvalue weighted by atomic mass is 32.2. The summed E-state index contributed by atoms with van der Waals surface area (Å²) in [4.78, 5) is 11.9. The molecule has 138 valence electrons. The molecule has 2 N–H and O–H groups in total. The monoisotopic (exact) mass is 384 g/mol. The maximum atomic E-state index is 12.5. The van der Waals surface area contributed by atoms with Crippen LogP contribution in [0.4, 0.5) is 24.5 Å². The van der Waals surface area contributed by atoms with Gasteiger partial charge >= 0.3 is 6.18 Å². The predicted molar refractivity (Wildman–Crippen MR) is 94.0 cm³/mol. The Labute approximate surface area is 148 Å². The highest BCUT2D eigenvalue weighted by molar-refractivity contribution is 7.92. The van der Waals surface area contributed by atoms with Crippen molar-refractivity contribution in [3.8, 4) is 0 Å². The minimum Gasteiger partial charge on any atom is -0.322 e. The minimum absolute atomic E-state index is 0.289. The normalized spacial score (nSPS) is 12.2. The van der Waals surface area contributed by atoms with Crippen LogP contribution in [0.15, 0.2) is 54.6 Å². The van der Waals surface area contributed by atoms with E-state index in [0.717, 1.165) is 18.4 Å². The number of anilines is 2. The lowest BCUT2D eigenvalue weighted by Gasteiger charge is -2.07. The number of sulfonamides is 1. The van der Waals surface area contributed by atoms with Crippen molar-refractivity contribution >= 4 is 33.4 Å². The first kappa shape index (κ1) is 19.5. The number of rotatable bonds is 5. The molecule has 2 aromatic rings. The number of hydrogen-bond donors (Lipinski definition) is 2. The van der Waals surface area contributed by atoms with E-state index in [1.54, 1.807) is 12.1 Å². The van der Waals surface area contributed by atoms with Crippen LogP contribution in [0, 0.1) is 0 Å². The summed E-state index contributed by atoms with van der Waals surface area (Å²) in [5.41, 5.74) is 0.313. The third-order valence-corrected chi connectivity index (χ3v) is 3.71. The first-order chi connectivity index (χ1) is 12.0. The summed E-state index contributed by atoms with van der Waals surface area (Å²) in [7, 11) is -3.44. The van der Waals surface area contributed by atoms with Crippen molar-refractivity contribution in [2.45, 2.75) is 6.18 Å². The molecule has 0 aliphatic carbocycles. The van der Waals surface area contributed by atoms with E-state index in [2.05, 4.69) is 10.0 Å². The van der Waals surface area contributed by atoms with Crippen LogP contribution < -0.4 is 10.0 Å². The van der Waals surface area contributed by atoms with Gasteiger partial charge in [0.25, 0.3) is 0 Å². The van der Waals surface area contributed by atoms with Gasteiger partial charge < -0.3 is 5.32 Å². The van der Waals surface area contributed by atoms with Crippen LogP contribution in [-0.2, 0) is 21.0 Å². The van der Waals surface area contributed by atoms with E-state index in [1.807, 2.05) is 0 Å². The Morgan fingerprint density at radius 1 is 1.04 bits per heavy atom. The number of amides is 1. The molecule has 2 rings (SSSR count). The van der Waals surface area contributed by atoms with Crippen molar-refractivity contribution in [3.05, 3.63) is 65.7 Å². The van der Waals surface area contributed by atoms with Crippen LogP contribution in [0.2, 0.25) is 0 Å². The third kappa shape index (κ3) is 6.25. The van der Waals surface area contributed by atoms with Crippen molar-refractivity contribution in [2.24, 2.45) is 0 Å². The zero-order chi connectivity index (χ0) is 19.4. The SMILES string of the molecule is CS(=O)(=O)Nc1cccc(NC(=O)C=Cc2ccc(C(F)(F)F)cc2)c1. The topological polar surface area (TPSA) is 75.3 Å². The molecule has 0 aliphatic rings. The number of benzene rings is 2. The third-order valence-electron chi connectivity index (χ3n) is 3.10. The van der Waals surface area contributed by atoms with E-state index in [4.69, 9.17) is 0 Å². The summed E-state index contributed by atoms with van der Waals surface area (Å²) in [5.74, 6) is -0.513. The van der Waals surface area contributed by atoms with Gasteiger partial charge in [0, 0.05) is 11.8 Å². The zero-order valence-electron chi connectivity index (χ0n) is 13.5. The molecule has 0 radical (unpaired) electrons. The molecular weight excluding hydrogens is 369 g/mol. The van der Waals surface area contributed by atoms with Gasteiger partial charge in [0.1, 0.15) is 0 Å². The summed E-state index contributed by atoms with van der Waals surface area (Å²) in [5, 5.41) is 2.53. The molecular formula is C17H15F3N2O3S. The Balaban J connectivity index is 2.02. The number of halogens is 3. The molecule has 0 heterocycles. The van der Waals surface area contributed by atoms with Crippen LogP contribution in [0.1, 0.15) is 11.1 Å². The lowest BCUT2D eigenvalue weighted by atomic mass is 10.1. The van der Waals surface area contributed by atoms with Gasteiger partial charge in [0.2, 0.25) is 15.9 Å². The Bertz CT molecular complexity index is 921. The molecule has 0 saturated heterocycles. The summed E-state index contributed by atoms with van der Waals surface area (Å²) in [6, 6.07) is 10.4. The maximum absolute atomic E-state index is 12.5. The second-order valence-electron chi connectivity index (χ2n) is 5.40. The molecule has 26 heavy (non-hydrogen) atoms. The van der Waals surface area contributed by atoms with E-state index in [-0.39, 0.29) is 5.69 Å². The quantitative estimate of drug-likeness (QED) is 0.772. The fourth-order valence-electron chi connectivity index (χ4n) is 2.01. The lowest BCUT2D eigenvalue weighted by Crippen LogP contribution is -2.11. The summed E-state index contributed by atoms with van der Waals surface area (Å²) in [6.45, 7) is 0.